The van der Waals surface area contributed by atoms with Gasteiger partial charge in [-0.25, -0.2) is 13.6 Å². The number of esters is 1. The van der Waals surface area contributed by atoms with Crippen molar-refractivity contribution >= 4 is 5.97 Å². The molecular weight excluding hydrogens is 452 g/mol. The number of cyclic esters (lactones) is 1. The van der Waals surface area contributed by atoms with E-state index in [2.05, 4.69) is 0 Å². The summed E-state index contributed by atoms with van der Waals surface area (Å²) in [6.07, 6.45) is -0.00372. The third-order valence-corrected chi connectivity index (χ3v) is 6.74. The molecule has 1 aliphatic heterocycles. The Morgan fingerprint density at radius 1 is 1.11 bits per heavy atom. The number of aliphatic hydroxyl groups is 1. The van der Waals surface area contributed by atoms with Gasteiger partial charge in [-0.1, -0.05) is 38.1 Å². The molecule has 4 rings (SSSR count). The summed E-state index contributed by atoms with van der Waals surface area (Å²) in [4.78, 5) is 11.9. The number of fused-ring (bicyclic) bond motifs is 1. The highest BCUT2D eigenvalue weighted by Gasteiger charge is 2.43. The number of carbonyl (C=O) groups is 1. The summed E-state index contributed by atoms with van der Waals surface area (Å²) >= 11 is 0. The van der Waals surface area contributed by atoms with Crippen LogP contribution < -0.4 is 10.5 Å². The number of hydrogen-bond donors (Lipinski definition) is 2. The van der Waals surface area contributed by atoms with Gasteiger partial charge in [0.15, 0.2) is 0 Å². The van der Waals surface area contributed by atoms with Crippen LogP contribution in [-0.2, 0) is 23.2 Å². The standard InChI is InChI=1S/C28H29F2NO4/c1-27(2,22-13-20(29)9-11-24(22)34-3)16-28(33,14-18-6-4-5-7-23(18)30)25(31)17-8-10-21-19(12-17)15-35-26(21)32/h4-13,25,33H,14-16,31H2,1-3H3. The minimum atomic E-state index is -1.64. The zero-order valence-corrected chi connectivity index (χ0v) is 20.0. The molecule has 0 aromatic heterocycles. The molecule has 2 unspecified atom stereocenters. The Balaban J connectivity index is 1.77. The number of benzene rings is 3. The number of halogens is 2. The lowest BCUT2D eigenvalue weighted by molar-refractivity contribution is -0.0127. The van der Waals surface area contributed by atoms with E-state index in [1.165, 1.54) is 25.3 Å². The minimum absolute atomic E-state index is 0.0713. The third-order valence-electron chi connectivity index (χ3n) is 6.74. The smallest absolute Gasteiger partial charge is 0.338 e. The Kier molecular flexibility index (Phi) is 6.66. The SMILES string of the molecule is COc1ccc(F)cc1C(C)(C)CC(O)(Cc1ccccc1F)C(N)c1ccc2c(c1)COC2=O. The average Bonchev–Trinajstić information content (AvgIpc) is 3.19. The molecule has 3 N–H and O–H groups in total. The third kappa shape index (κ3) is 4.92. The molecule has 0 saturated heterocycles. The highest BCUT2D eigenvalue weighted by atomic mass is 19.1. The van der Waals surface area contributed by atoms with Crippen molar-refractivity contribution in [3.05, 3.63) is 100 Å². The first-order valence-corrected chi connectivity index (χ1v) is 11.4. The molecule has 0 radical (unpaired) electrons. The van der Waals surface area contributed by atoms with Crippen LogP contribution in [0.3, 0.4) is 0 Å². The molecule has 3 aromatic carbocycles. The zero-order valence-electron chi connectivity index (χ0n) is 20.0. The van der Waals surface area contributed by atoms with Crippen molar-refractivity contribution in [1.29, 1.82) is 0 Å². The highest BCUT2D eigenvalue weighted by Crippen LogP contribution is 2.43. The fourth-order valence-corrected chi connectivity index (χ4v) is 4.98. The van der Waals surface area contributed by atoms with Crippen molar-refractivity contribution in [3.8, 4) is 5.75 Å². The monoisotopic (exact) mass is 481 g/mol. The van der Waals surface area contributed by atoms with E-state index in [1.807, 2.05) is 13.8 Å². The van der Waals surface area contributed by atoms with Crippen LogP contribution in [0.5, 0.6) is 5.75 Å². The van der Waals surface area contributed by atoms with E-state index in [0.717, 1.165) is 0 Å². The van der Waals surface area contributed by atoms with Crippen LogP contribution in [-0.4, -0.2) is 23.8 Å². The van der Waals surface area contributed by atoms with Crippen molar-refractivity contribution in [1.82, 2.24) is 0 Å². The number of carbonyl (C=O) groups excluding carboxylic acids is 1. The second-order valence-electron chi connectivity index (χ2n) is 9.75. The van der Waals surface area contributed by atoms with Crippen LogP contribution >= 0.6 is 0 Å². The van der Waals surface area contributed by atoms with E-state index in [4.69, 9.17) is 15.2 Å². The van der Waals surface area contributed by atoms with Crippen LogP contribution in [0.1, 0.15) is 58.9 Å². The van der Waals surface area contributed by atoms with Gasteiger partial charge in [-0.3, -0.25) is 0 Å². The Hall–Kier alpha value is -3.29. The lowest BCUT2D eigenvalue weighted by Gasteiger charge is -2.41. The number of hydrogen-bond acceptors (Lipinski definition) is 5. The number of ether oxygens (including phenoxy) is 2. The first-order valence-electron chi connectivity index (χ1n) is 11.4. The van der Waals surface area contributed by atoms with Gasteiger partial charge in [-0.05, 0) is 59.4 Å². The largest absolute Gasteiger partial charge is 0.496 e. The van der Waals surface area contributed by atoms with Gasteiger partial charge < -0.3 is 20.3 Å². The fraction of sp³-hybridized carbons (Fsp3) is 0.321. The van der Waals surface area contributed by atoms with E-state index in [-0.39, 0.29) is 19.4 Å². The first kappa shape index (κ1) is 24.8. The lowest BCUT2D eigenvalue weighted by Crippen LogP contribution is -2.47. The van der Waals surface area contributed by atoms with Crippen molar-refractivity contribution < 1.29 is 28.2 Å². The fourth-order valence-electron chi connectivity index (χ4n) is 4.98. The summed E-state index contributed by atoms with van der Waals surface area (Å²) in [5.74, 6) is -0.807. The first-order chi connectivity index (χ1) is 16.5. The van der Waals surface area contributed by atoms with Gasteiger partial charge in [-0.2, -0.15) is 0 Å². The van der Waals surface area contributed by atoms with Crippen molar-refractivity contribution in [2.45, 2.75) is 50.4 Å². The molecule has 35 heavy (non-hydrogen) atoms. The number of rotatable bonds is 8. The lowest BCUT2D eigenvalue weighted by atomic mass is 9.69. The van der Waals surface area contributed by atoms with Gasteiger partial charge in [0.1, 0.15) is 24.0 Å². The van der Waals surface area contributed by atoms with E-state index >= 15 is 0 Å². The van der Waals surface area contributed by atoms with Crippen molar-refractivity contribution in [3.63, 3.8) is 0 Å². The van der Waals surface area contributed by atoms with E-state index in [9.17, 15) is 18.7 Å². The Morgan fingerprint density at radius 2 is 1.86 bits per heavy atom. The summed E-state index contributed by atoms with van der Waals surface area (Å²) < 4.78 is 39.4. The topological polar surface area (TPSA) is 81.8 Å². The molecule has 7 heteroatoms. The van der Waals surface area contributed by atoms with Crippen molar-refractivity contribution in [2.75, 3.05) is 7.11 Å². The second-order valence-corrected chi connectivity index (χ2v) is 9.75. The Bertz CT molecular complexity index is 1260. The van der Waals surface area contributed by atoms with Crippen molar-refractivity contribution in [2.24, 2.45) is 5.73 Å². The highest BCUT2D eigenvalue weighted by molar-refractivity contribution is 5.93. The maximum atomic E-state index is 14.7. The average molecular weight is 482 g/mol. The quantitative estimate of drug-likeness (QED) is 0.443. The Labute approximate surface area is 203 Å². The van der Waals surface area contributed by atoms with Crippen LogP contribution in [0, 0.1) is 11.6 Å². The maximum Gasteiger partial charge on any atom is 0.338 e. The van der Waals surface area contributed by atoms with Gasteiger partial charge >= 0.3 is 5.97 Å². The predicted octanol–water partition coefficient (Wildman–Crippen LogP) is 4.99. The summed E-state index contributed by atoms with van der Waals surface area (Å²) in [5, 5.41) is 12.1. The molecule has 3 aromatic rings. The summed E-state index contributed by atoms with van der Waals surface area (Å²) in [6, 6.07) is 14.6. The van der Waals surface area contributed by atoms with Gasteiger partial charge in [0.25, 0.3) is 0 Å². The molecule has 1 aliphatic rings. The van der Waals surface area contributed by atoms with Crippen LogP contribution in [0.25, 0.3) is 0 Å². The molecule has 184 valence electrons. The van der Waals surface area contributed by atoms with Crippen LogP contribution in [0.2, 0.25) is 0 Å². The molecule has 0 saturated carbocycles. The van der Waals surface area contributed by atoms with Crippen LogP contribution in [0.15, 0.2) is 60.7 Å². The molecule has 1 heterocycles. The molecule has 2 atom stereocenters. The van der Waals surface area contributed by atoms with E-state index in [1.54, 1.807) is 42.5 Å². The van der Waals surface area contributed by atoms with Gasteiger partial charge in [0.2, 0.25) is 0 Å². The predicted molar refractivity (Wildman–Crippen MR) is 128 cm³/mol. The van der Waals surface area contributed by atoms with E-state index in [0.29, 0.717) is 33.6 Å². The summed E-state index contributed by atoms with van der Waals surface area (Å²) in [6.45, 7) is 3.85. The van der Waals surface area contributed by atoms with Gasteiger partial charge in [0.05, 0.1) is 24.3 Å². The van der Waals surface area contributed by atoms with E-state index < -0.39 is 34.7 Å². The molecule has 0 bridgehead atoms. The second kappa shape index (κ2) is 9.40. The number of nitrogens with two attached hydrogens (primary N) is 1. The van der Waals surface area contributed by atoms with Gasteiger partial charge in [-0.15, -0.1) is 0 Å². The maximum absolute atomic E-state index is 14.7. The molecule has 0 amide bonds. The molecule has 0 spiro atoms. The minimum Gasteiger partial charge on any atom is -0.496 e. The molecular formula is C28H29F2NO4. The van der Waals surface area contributed by atoms with Crippen LogP contribution in [0.4, 0.5) is 8.78 Å². The summed E-state index contributed by atoms with van der Waals surface area (Å²) in [7, 11) is 1.50. The molecule has 0 fully saturated rings. The molecule has 5 nitrogen and oxygen atoms in total. The zero-order chi connectivity index (χ0) is 25.4. The molecule has 0 aliphatic carbocycles. The number of methoxy groups -OCH3 is 1. The Morgan fingerprint density at radius 3 is 2.57 bits per heavy atom. The normalized spacial score (nSPS) is 15.8. The van der Waals surface area contributed by atoms with Gasteiger partial charge in [0, 0.05) is 17.5 Å². The summed E-state index contributed by atoms with van der Waals surface area (Å²) in [5.41, 5.74) is 6.84.